The summed E-state index contributed by atoms with van der Waals surface area (Å²) < 4.78 is 0. The van der Waals surface area contributed by atoms with E-state index in [1.165, 1.54) is 6.08 Å². The molecule has 2 aromatic rings. The first-order valence-corrected chi connectivity index (χ1v) is 9.32. The molecule has 0 heterocycles. The van der Waals surface area contributed by atoms with Gasteiger partial charge in [-0.1, -0.05) is 66.8 Å². The number of hydrogen-bond donors (Lipinski definition) is 1. The van der Waals surface area contributed by atoms with Crippen LogP contribution in [0.25, 0.3) is 5.76 Å². The predicted octanol–water partition coefficient (Wildman–Crippen LogP) is 4.13. The fourth-order valence-electron chi connectivity index (χ4n) is 3.59. The normalized spacial score (nSPS) is 18.1. The van der Waals surface area contributed by atoms with Crippen LogP contribution in [-0.2, 0) is 22.4 Å². The number of fused-ring (bicyclic) bond motifs is 2. The number of aliphatic hydroxyl groups excluding tert-OH is 1. The number of ketones is 3. The second-order valence-electron chi connectivity index (χ2n) is 6.93. The zero-order valence-corrected chi connectivity index (χ0v) is 15.6. The van der Waals surface area contributed by atoms with Gasteiger partial charge in [-0.25, -0.2) is 0 Å². The smallest absolute Gasteiger partial charge is 0.196 e. The summed E-state index contributed by atoms with van der Waals surface area (Å²) in [5.41, 5.74) is 3.18. The number of carbonyl (C=O) groups excluding carboxylic acids is 3. The second-order valence-corrected chi connectivity index (χ2v) is 6.93. The molecule has 0 radical (unpaired) electrons. The maximum absolute atomic E-state index is 12.5. The molecular weight excluding hydrogens is 364 g/mol. The Hall–Kier alpha value is -3.79. The molecule has 0 bridgehead atoms. The molecule has 142 valence electrons. The van der Waals surface area contributed by atoms with E-state index in [0.29, 0.717) is 11.1 Å². The van der Waals surface area contributed by atoms with Crippen LogP contribution >= 0.6 is 0 Å². The zero-order valence-electron chi connectivity index (χ0n) is 15.6. The van der Waals surface area contributed by atoms with Crippen LogP contribution in [-0.4, -0.2) is 22.5 Å². The lowest BCUT2D eigenvalue weighted by molar-refractivity contribution is -0.115. The number of aliphatic hydroxyl groups is 1. The van der Waals surface area contributed by atoms with Crippen LogP contribution in [0.3, 0.4) is 0 Å². The van der Waals surface area contributed by atoms with Gasteiger partial charge in [0.15, 0.2) is 17.3 Å². The van der Waals surface area contributed by atoms with Gasteiger partial charge in [-0.2, -0.15) is 0 Å². The number of rotatable bonds is 3. The zero-order chi connectivity index (χ0) is 20.4. The van der Waals surface area contributed by atoms with Crippen molar-refractivity contribution >= 4 is 23.1 Å². The van der Waals surface area contributed by atoms with Gasteiger partial charge in [0, 0.05) is 24.0 Å². The van der Waals surface area contributed by atoms with E-state index in [9.17, 15) is 19.5 Å². The van der Waals surface area contributed by atoms with Crippen molar-refractivity contribution in [2.75, 3.05) is 0 Å². The Labute approximate surface area is 168 Å². The van der Waals surface area contributed by atoms with Crippen molar-refractivity contribution in [1.82, 2.24) is 0 Å². The van der Waals surface area contributed by atoms with Crippen LogP contribution in [0, 0.1) is 0 Å². The molecule has 2 aliphatic carbocycles. The Morgan fingerprint density at radius 3 is 2.10 bits per heavy atom. The summed E-state index contributed by atoms with van der Waals surface area (Å²) in [5, 5.41) is 10.4. The largest absolute Gasteiger partial charge is 0.507 e. The maximum atomic E-state index is 12.5. The Bertz CT molecular complexity index is 1160. The monoisotopic (exact) mass is 382 g/mol. The summed E-state index contributed by atoms with van der Waals surface area (Å²) in [6.45, 7) is 0. The first-order chi connectivity index (χ1) is 14.1. The predicted molar refractivity (Wildman–Crippen MR) is 111 cm³/mol. The highest BCUT2D eigenvalue weighted by Gasteiger charge is 2.27. The molecule has 1 N–H and O–H groups in total. The van der Waals surface area contributed by atoms with Gasteiger partial charge >= 0.3 is 0 Å². The summed E-state index contributed by atoms with van der Waals surface area (Å²) in [6, 6.07) is 14.4. The lowest BCUT2D eigenvalue weighted by Crippen LogP contribution is -2.23. The number of Topliss-reactive ketones (excluding diaryl/α,β-unsaturated/α-hetero) is 3. The second kappa shape index (κ2) is 7.68. The lowest BCUT2D eigenvalue weighted by Gasteiger charge is -2.16. The Balaban J connectivity index is 1.54. The molecule has 0 unspecified atom stereocenters. The van der Waals surface area contributed by atoms with Crippen molar-refractivity contribution < 1.29 is 19.5 Å². The third-order valence-corrected chi connectivity index (χ3v) is 5.09. The summed E-state index contributed by atoms with van der Waals surface area (Å²) >= 11 is 0. The van der Waals surface area contributed by atoms with Gasteiger partial charge in [-0.05, 0) is 23.3 Å². The van der Waals surface area contributed by atoms with Crippen molar-refractivity contribution in [3.63, 3.8) is 0 Å². The van der Waals surface area contributed by atoms with Gasteiger partial charge < -0.3 is 5.11 Å². The van der Waals surface area contributed by atoms with Crippen molar-refractivity contribution in [3.8, 4) is 0 Å². The van der Waals surface area contributed by atoms with Gasteiger partial charge in [0.2, 0.25) is 0 Å². The van der Waals surface area contributed by atoms with E-state index >= 15 is 0 Å². The molecule has 29 heavy (non-hydrogen) atoms. The molecular formula is C25H18O4. The Kier molecular flexibility index (Phi) is 4.92. The van der Waals surface area contributed by atoms with E-state index in [-0.39, 0.29) is 47.1 Å². The Morgan fingerprint density at radius 2 is 1.34 bits per heavy atom. The summed E-state index contributed by atoms with van der Waals surface area (Å²) in [4.78, 5) is 37.1. The van der Waals surface area contributed by atoms with Gasteiger partial charge in [0.25, 0.3) is 0 Å². The number of benzene rings is 2. The molecule has 0 aromatic heterocycles. The Morgan fingerprint density at radius 1 is 0.724 bits per heavy atom. The molecule has 2 aromatic carbocycles. The minimum Gasteiger partial charge on any atom is -0.507 e. The third-order valence-electron chi connectivity index (χ3n) is 5.09. The third kappa shape index (κ3) is 3.52. The molecule has 4 heteroatoms. The number of allylic oxidation sites excluding steroid dienone is 7. The molecule has 0 amide bonds. The highest BCUT2D eigenvalue weighted by atomic mass is 16.3. The van der Waals surface area contributed by atoms with Crippen LogP contribution < -0.4 is 0 Å². The molecule has 2 aliphatic rings. The van der Waals surface area contributed by atoms with E-state index in [2.05, 4.69) is 0 Å². The minimum absolute atomic E-state index is 0.0332. The van der Waals surface area contributed by atoms with E-state index in [1.54, 1.807) is 48.6 Å². The van der Waals surface area contributed by atoms with E-state index in [1.807, 2.05) is 24.3 Å². The van der Waals surface area contributed by atoms with Crippen molar-refractivity contribution in [2.45, 2.75) is 12.8 Å². The van der Waals surface area contributed by atoms with Crippen LogP contribution in [0.1, 0.15) is 27.0 Å². The lowest BCUT2D eigenvalue weighted by atomic mass is 9.86. The highest BCUT2D eigenvalue weighted by Crippen LogP contribution is 2.28. The number of hydrogen-bond acceptors (Lipinski definition) is 4. The van der Waals surface area contributed by atoms with Gasteiger partial charge in [0.1, 0.15) is 5.76 Å². The van der Waals surface area contributed by atoms with Gasteiger partial charge in [-0.3, -0.25) is 14.4 Å². The van der Waals surface area contributed by atoms with Crippen LogP contribution in [0.15, 0.2) is 90.1 Å². The fraction of sp³-hybridized carbons (Fsp3) is 0.0800. The standard InChI is InChI=1S/C25H18O4/c26-22-14-16-8-4-6-10-18(16)24(28)20(22)12-2-1-3-13-21-23(27)15-17-9-5-7-11-19(17)25(21)29/h1-13,28H,14-15H2. The molecule has 0 aliphatic heterocycles. The van der Waals surface area contributed by atoms with Crippen LogP contribution in [0.4, 0.5) is 0 Å². The molecule has 0 saturated heterocycles. The van der Waals surface area contributed by atoms with Crippen molar-refractivity contribution in [3.05, 3.63) is 112 Å². The molecule has 0 spiro atoms. The van der Waals surface area contributed by atoms with Crippen molar-refractivity contribution in [2.24, 2.45) is 0 Å². The quantitative estimate of drug-likeness (QED) is 0.492. The topological polar surface area (TPSA) is 71.4 Å². The molecule has 0 saturated carbocycles. The van der Waals surface area contributed by atoms with E-state index < -0.39 is 0 Å². The average Bonchev–Trinajstić information content (AvgIpc) is 2.72. The van der Waals surface area contributed by atoms with Gasteiger partial charge in [0.05, 0.1) is 11.1 Å². The van der Waals surface area contributed by atoms with E-state index in [0.717, 1.165) is 11.1 Å². The molecule has 0 fully saturated rings. The molecule has 4 rings (SSSR count). The van der Waals surface area contributed by atoms with Crippen LogP contribution in [0.5, 0.6) is 0 Å². The average molecular weight is 382 g/mol. The first-order valence-electron chi connectivity index (χ1n) is 9.32. The van der Waals surface area contributed by atoms with Crippen LogP contribution in [0.2, 0.25) is 0 Å². The summed E-state index contributed by atoms with van der Waals surface area (Å²) in [7, 11) is 0. The SMILES string of the molecule is O=C1Cc2ccccc2C(=O)C1=CC=CC=CC1=C(O)c2ccccc2CC1=O. The first kappa shape index (κ1) is 18.6. The highest BCUT2D eigenvalue weighted by molar-refractivity contribution is 6.29. The van der Waals surface area contributed by atoms with Crippen molar-refractivity contribution in [1.29, 1.82) is 0 Å². The number of carbonyl (C=O) groups is 3. The van der Waals surface area contributed by atoms with E-state index in [4.69, 9.17) is 0 Å². The molecule has 4 nitrogen and oxygen atoms in total. The summed E-state index contributed by atoms with van der Waals surface area (Å²) in [6.07, 6.45) is 8.33. The maximum Gasteiger partial charge on any atom is 0.196 e. The van der Waals surface area contributed by atoms with Gasteiger partial charge in [-0.15, -0.1) is 0 Å². The fourth-order valence-corrected chi connectivity index (χ4v) is 3.59. The summed E-state index contributed by atoms with van der Waals surface area (Å²) in [5.74, 6) is -0.667. The minimum atomic E-state index is -0.273. The molecule has 0 atom stereocenters.